The van der Waals surface area contributed by atoms with Gasteiger partial charge in [0.25, 0.3) is 0 Å². The number of thiophene rings is 1. The highest BCUT2D eigenvalue weighted by atomic mass is 32.1. The van der Waals surface area contributed by atoms with E-state index in [-0.39, 0.29) is 0 Å². The second kappa shape index (κ2) is 5.78. The lowest BCUT2D eigenvalue weighted by Crippen LogP contribution is -2.35. The Morgan fingerprint density at radius 2 is 1.95 bits per heavy atom. The van der Waals surface area contributed by atoms with Crippen molar-refractivity contribution < 1.29 is 4.74 Å². The number of fused-ring (bicyclic) bond motifs is 3. The van der Waals surface area contributed by atoms with Crippen LogP contribution in [0.1, 0.15) is 42.5 Å². The van der Waals surface area contributed by atoms with Crippen LogP contribution in [0, 0.1) is 0 Å². The Labute approximate surface area is 135 Å². The van der Waals surface area contributed by atoms with Crippen molar-refractivity contribution in [2.75, 3.05) is 14.1 Å². The van der Waals surface area contributed by atoms with Crippen LogP contribution in [0.15, 0.2) is 6.33 Å². The maximum absolute atomic E-state index is 6.32. The van der Waals surface area contributed by atoms with E-state index in [9.17, 15) is 0 Å². The van der Waals surface area contributed by atoms with Gasteiger partial charge < -0.3 is 9.64 Å². The first-order chi connectivity index (χ1) is 10.7. The molecule has 0 atom stereocenters. The third-order valence-electron chi connectivity index (χ3n) is 5.12. The van der Waals surface area contributed by atoms with Gasteiger partial charge in [0.15, 0.2) is 0 Å². The van der Waals surface area contributed by atoms with Crippen molar-refractivity contribution in [1.29, 1.82) is 0 Å². The number of hydrogen-bond acceptors (Lipinski definition) is 5. The monoisotopic (exact) mass is 317 g/mol. The highest BCUT2D eigenvalue weighted by Gasteiger charge is 2.26. The van der Waals surface area contributed by atoms with Gasteiger partial charge in [0, 0.05) is 10.9 Å². The first kappa shape index (κ1) is 14.4. The second-order valence-corrected chi connectivity index (χ2v) is 7.81. The van der Waals surface area contributed by atoms with Crippen LogP contribution in [0.25, 0.3) is 10.2 Å². The molecule has 1 fully saturated rings. The zero-order valence-corrected chi connectivity index (χ0v) is 14.2. The fourth-order valence-electron chi connectivity index (χ4n) is 3.83. The molecule has 0 aliphatic heterocycles. The number of hydrogen-bond donors (Lipinski definition) is 0. The van der Waals surface area contributed by atoms with E-state index in [1.807, 2.05) is 11.3 Å². The van der Waals surface area contributed by atoms with Crippen molar-refractivity contribution in [2.45, 2.75) is 57.1 Å². The number of rotatable bonds is 3. The van der Waals surface area contributed by atoms with Crippen LogP contribution >= 0.6 is 11.3 Å². The highest BCUT2D eigenvalue weighted by Crippen LogP contribution is 2.40. The van der Waals surface area contributed by atoms with E-state index in [2.05, 4.69) is 29.0 Å². The molecule has 118 valence electrons. The van der Waals surface area contributed by atoms with Crippen molar-refractivity contribution in [2.24, 2.45) is 0 Å². The van der Waals surface area contributed by atoms with Crippen LogP contribution in [0.3, 0.4) is 0 Å². The van der Waals surface area contributed by atoms with Crippen molar-refractivity contribution >= 4 is 21.6 Å². The van der Waals surface area contributed by atoms with Gasteiger partial charge in [-0.2, -0.15) is 0 Å². The normalized spacial score (nSPS) is 24.9. The number of nitrogens with zero attached hydrogens (tertiary/aromatic N) is 3. The summed E-state index contributed by atoms with van der Waals surface area (Å²) >= 11 is 1.83. The summed E-state index contributed by atoms with van der Waals surface area (Å²) in [6.45, 7) is 0. The molecule has 0 amide bonds. The molecule has 0 unspecified atom stereocenters. The first-order valence-electron chi connectivity index (χ1n) is 8.30. The van der Waals surface area contributed by atoms with Gasteiger partial charge in [0.1, 0.15) is 17.3 Å². The molecule has 2 aliphatic rings. The van der Waals surface area contributed by atoms with E-state index >= 15 is 0 Å². The molecule has 2 aliphatic carbocycles. The summed E-state index contributed by atoms with van der Waals surface area (Å²) in [4.78, 5) is 13.9. The fourth-order valence-corrected chi connectivity index (χ4v) is 5.05. The molecule has 4 rings (SSSR count). The van der Waals surface area contributed by atoms with Crippen LogP contribution in [0.2, 0.25) is 0 Å². The number of aryl methyl sites for hydroxylation is 2. The Morgan fingerprint density at radius 1 is 1.14 bits per heavy atom. The molecular weight excluding hydrogens is 294 g/mol. The molecule has 5 heteroatoms. The predicted octanol–water partition coefficient (Wildman–Crippen LogP) is 3.43. The van der Waals surface area contributed by atoms with Gasteiger partial charge in [0.2, 0.25) is 5.88 Å². The summed E-state index contributed by atoms with van der Waals surface area (Å²) < 4.78 is 6.32. The Balaban J connectivity index is 1.55. The van der Waals surface area contributed by atoms with E-state index in [0.29, 0.717) is 12.1 Å². The summed E-state index contributed by atoms with van der Waals surface area (Å²) in [6.07, 6.45) is 10.3. The second-order valence-electron chi connectivity index (χ2n) is 6.73. The van der Waals surface area contributed by atoms with Gasteiger partial charge in [-0.3, -0.25) is 0 Å². The van der Waals surface area contributed by atoms with Crippen molar-refractivity contribution in [3.63, 3.8) is 0 Å². The Morgan fingerprint density at radius 3 is 2.73 bits per heavy atom. The molecule has 22 heavy (non-hydrogen) atoms. The minimum atomic E-state index is 0.311. The molecule has 2 heterocycles. The molecule has 0 saturated heterocycles. The number of ether oxygens (including phenoxy) is 1. The maximum atomic E-state index is 6.32. The lowest BCUT2D eigenvalue weighted by molar-refractivity contribution is 0.108. The van der Waals surface area contributed by atoms with Gasteiger partial charge in [-0.25, -0.2) is 9.97 Å². The maximum Gasteiger partial charge on any atom is 0.225 e. The largest absolute Gasteiger partial charge is 0.474 e. The third-order valence-corrected chi connectivity index (χ3v) is 6.32. The van der Waals surface area contributed by atoms with Crippen LogP contribution in [0.5, 0.6) is 5.88 Å². The topological polar surface area (TPSA) is 38.2 Å². The van der Waals surface area contributed by atoms with E-state index in [1.54, 1.807) is 6.33 Å². The standard InChI is InChI=1S/C17H23N3OS/c1-20(2)11-6-8-12(9-7-11)21-16-15-13-4-3-5-14(13)22-17(15)19-10-18-16/h10-12H,3-9H2,1-2H3/t11-,12+. The Kier molecular flexibility index (Phi) is 3.78. The quantitative estimate of drug-likeness (QED) is 0.869. The van der Waals surface area contributed by atoms with Crippen molar-refractivity contribution in [3.8, 4) is 5.88 Å². The van der Waals surface area contributed by atoms with Gasteiger partial charge in [-0.1, -0.05) is 0 Å². The number of aromatic nitrogens is 2. The molecule has 2 aromatic rings. The van der Waals surface area contributed by atoms with E-state index in [0.717, 1.165) is 30.0 Å². The molecule has 2 aromatic heterocycles. The fraction of sp³-hybridized carbons (Fsp3) is 0.647. The smallest absolute Gasteiger partial charge is 0.225 e. The molecule has 0 N–H and O–H groups in total. The Hall–Kier alpha value is -1.20. The summed E-state index contributed by atoms with van der Waals surface area (Å²) in [5.74, 6) is 0.831. The SMILES string of the molecule is CN(C)[C@H]1CC[C@@H](Oc2ncnc3sc4c(c23)CCC4)CC1. The molecule has 4 nitrogen and oxygen atoms in total. The van der Waals surface area contributed by atoms with Gasteiger partial charge in [-0.15, -0.1) is 11.3 Å². The van der Waals surface area contributed by atoms with E-state index in [4.69, 9.17) is 4.74 Å². The third kappa shape index (κ3) is 2.50. The lowest BCUT2D eigenvalue weighted by Gasteiger charge is -2.32. The molecule has 0 aromatic carbocycles. The van der Waals surface area contributed by atoms with Crippen LogP contribution in [0.4, 0.5) is 0 Å². The molecule has 0 bridgehead atoms. The van der Waals surface area contributed by atoms with Gasteiger partial charge >= 0.3 is 0 Å². The average molecular weight is 317 g/mol. The van der Waals surface area contributed by atoms with Gasteiger partial charge in [0.05, 0.1) is 5.39 Å². The summed E-state index contributed by atoms with van der Waals surface area (Å²) in [5, 5.41) is 1.20. The predicted molar refractivity (Wildman–Crippen MR) is 89.8 cm³/mol. The lowest BCUT2D eigenvalue weighted by atomic mass is 9.92. The zero-order chi connectivity index (χ0) is 15.1. The van der Waals surface area contributed by atoms with Gasteiger partial charge in [-0.05, 0) is 64.6 Å². The molecule has 0 radical (unpaired) electrons. The van der Waals surface area contributed by atoms with Crippen LogP contribution in [-0.2, 0) is 12.8 Å². The molecular formula is C17H23N3OS. The zero-order valence-electron chi connectivity index (χ0n) is 13.3. The summed E-state index contributed by atoms with van der Waals surface area (Å²) in [5.41, 5.74) is 1.46. The van der Waals surface area contributed by atoms with Crippen LogP contribution in [-0.4, -0.2) is 41.1 Å². The highest BCUT2D eigenvalue weighted by molar-refractivity contribution is 7.18. The van der Waals surface area contributed by atoms with Crippen LogP contribution < -0.4 is 4.74 Å². The summed E-state index contributed by atoms with van der Waals surface area (Å²) in [6, 6.07) is 0.704. The summed E-state index contributed by atoms with van der Waals surface area (Å²) in [7, 11) is 4.35. The van der Waals surface area contributed by atoms with E-state index < -0.39 is 0 Å². The molecule has 1 saturated carbocycles. The van der Waals surface area contributed by atoms with E-state index in [1.165, 1.54) is 41.5 Å². The molecule has 0 spiro atoms. The average Bonchev–Trinajstić information content (AvgIpc) is 3.08. The minimum Gasteiger partial charge on any atom is -0.474 e. The first-order valence-corrected chi connectivity index (χ1v) is 9.12. The van der Waals surface area contributed by atoms with Crippen molar-refractivity contribution in [1.82, 2.24) is 14.9 Å². The van der Waals surface area contributed by atoms with Crippen molar-refractivity contribution in [3.05, 3.63) is 16.8 Å². The minimum absolute atomic E-state index is 0.311. The Bertz CT molecular complexity index is 674.